The summed E-state index contributed by atoms with van der Waals surface area (Å²) in [5, 5.41) is 5.38. The van der Waals surface area contributed by atoms with Crippen molar-refractivity contribution in [1.29, 1.82) is 0 Å². The molecule has 1 aromatic rings. The second-order valence-electron chi connectivity index (χ2n) is 3.98. The van der Waals surface area contributed by atoms with E-state index in [4.69, 9.17) is 0 Å². The average molecular weight is 285 g/mol. The minimum Gasteiger partial charge on any atom is -0.384 e. The van der Waals surface area contributed by atoms with E-state index in [1.165, 1.54) is 20.0 Å². The summed E-state index contributed by atoms with van der Waals surface area (Å²) in [5.41, 5.74) is 0.515. The first-order valence-electron chi connectivity index (χ1n) is 5.99. The van der Waals surface area contributed by atoms with E-state index in [0.29, 0.717) is 12.2 Å². The molecule has 19 heavy (non-hydrogen) atoms. The second-order valence-corrected chi connectivity index (χ2v) is 5.67. The third-order valence-electron chi connectivity index (χ3n) is 2.52. The molecule has 0 aliphatic rings. The smallest absolute Gasteiger partial charge is 0.243 e. The molecule has 1 atom stereocenters. The first-order valence-corrected chi connectivity index (χ1v) is 7.47. The summed E-state index contributed by atoms with van der Waals surface area (Å²) in [5.74, 6) is -0.385. The number of hydrogen-bond acceptors (Lipinski definition) is 4. The summed E-state index contributed by atoms with van der Waals surface area (Å²) in [6, 6.07) is 5.74. The zero-order valence-electron chi connectivity index (χ0n) is 11.2. The van der Waals surface area contributed by atoms with Gasteiger partial charge in [0, 0.05) is 13.6 Å². The quantitative estimate of drug-likeness (QED) is 0.711. The molecule has 106 valence electrons. The molecular formula is C12H19N3O3S. The lowest BCUT2D eigenvalue weighted by molar-refractivity contribution is -0.121. The number of sulfonamides is 1. The van der Waals surface area contributed by atoms with Crippen LogP contribution >= 0.6 is 0 Å². The largest absolute Gasteiger partial charge is 0.384 e. The SMILES string of the molecule is CCNc1ccccc1S(=O)(=O)NC(C)C(=O)NC. The molecule has 0 fully saturated rings. The molecule has 0 aliphatic carbocycles. The molecular weight excluding hydrogens is 266 g/mol. The Labute approximate surface area is 113 Å². The molecule has 0 bridgehead atoms. The molecule has 6 nitrogen and oxygen atoms in total. The molecule has 0 radical (unpaired) electrons. The highest BCUT2D eigenvalue weighted by Gasteiger charge is 2.23. The van der Waals surface area contributed by atoms with Gasteiger partial charge in [0.15, 0.2) is 0 Å². The van der Waals surface area contributed by atoms with Gasteiger partial charge in [0.2, 0.25) is 15.9 Å². The second kappa shape index (κ2) is 6.53. The van der Waals surface area contributed by atoms with Gasteiger partial charge in [-0.25, -0.2) is 8.42 Å². The molecule has 1 aromatic carbocycles. The van der Waals surface area contributed by atoms with Crippen molar-refractivity contribution in [2.45, 2.75) is 24.8 Å². The predicted molar refractivity (Wildman–Crippen MR) is 74.5 cm³/mol. The predicted octanol–water partition coefficient (Wildman–Crippen LogP) is 0.531. The van der Waals surface area contributed by atoms with Crippen molar-refractivity contribution < 1.29 is 13.2 Å². The number of amides is 1. The van der Waals surface area contributed by atoms with Crippen LogP contribution in [0, 0.1) is 0 Å². The van der Waals surface area contributed by atoms with Gasteiger partial charge in [0.05, 0.1) is 11.7 Å². The van der Waals surface area contributed by atoms with Gasteiger partial charge in [-0.3, -0.25) is 4.79 Å². The van der Waals surface area contributed by atoms with E-state index < -0.39 is 16.1 Å². The van der Waals surface area contributed by atoms with Crippen molar-refractivity contribution in [3.05, 3.63) is 24.3 Å². The Kier molecular flexibility index (Phi) is 5.31. The van der Waals surface area contributed by atoms with Crippen LogP contribution in [-0.4, -0.2) is 34.0 Å². The Morgan fingerprint density at radius 1 is 1.32 bits per heavy atom. The summed E-state index contributed by atoms with van der Waals surface area (Å²) in [6.07, 6.45) is 0. The lowest BCUT2D eigenvalue weighted by atomic mass is 10.3. The summed E-state index contributed by atoms with van der Waals surface area (Å²) in [6.45, 7) is 3.98. The van der Waals surface area contributed by atoms with Crippen LogP contribution in [0.1, 0.15) is 13.8 Å². The first kappa shape index (κ1) is 15.5. The zero-order chi connectivity index (χ0) is 14.5. The number of anilines is 1. The van der Waals surface area contributed by atoms with E-state index in [2.05, 4.69) is 15.4 Å². The summed E-state index contributed by atoms with van der Waals surface area (Å²) in [7, 11) is -2.28. The lowest BCUT2D eigenvalue weighted by Gasteiger charge is -2.15. The van der Waals surface area contributed by atoms with E-state index in [0.717, 1.165) is 0 Å². The summed E-state index contributed by atoms with van der Waals surface area (Å²) >= 11 is 0. The summed E-state index contributed by atoms with van der Waals surface area (Å²) in [4.78, 5) is 11.5. The molecule has 0 heterocycles. The van der Waals surface area contributed by atoms with Gasteiger partial charge in [0.1, 0.15) is 4.90 Å². The van der Waals surface area contributed by atoms with Crippen molar-refractivity contribution in [2.75, 3.05) is 18.9 Å². The minimum atomic E-state index is -3.74. The minimum absolute atomic E-state index is 0.132. The van der Waals surface area contributed by atoms with Crippen LogP contribution in [-0.2, 0) is 14.8 Å². The molecule has 1 amide bonds. The first-order chi connectivity index (χ1) is 8.92. The van der Waals surface area contributed by atoms with E-state index in [9.17, 15) is 13.2 Å². The van der Waals surface area contributed by atoms with Gasteiger partial charge < -0.3 is 10.6 Å². The van der Waals surface area contributed by atoms with Gasteiger partial charge in [-0.05, 0) is 26.0 Å². The monoisotopic (exact) mass is 285 g/mol. The fourth-order valence-corrected chi connectivity index (χ4v) is 2.99. The van der Waals surface area contributed by atoms with Gasteiger partial charge in [0.25, 0.3) is 0 Å². The Morgan fingerprint density at radius 2 is 1.95 bits per heavy atom. The Bertz CT molecular complexity index is 543. The number of carbonyl (C=O) groups is 1. The fraction of sp³-hybridized carbons (Fsp3) is 0.417. The molecule has 0 spiro atoms. The topological polar surface area (TPSA) is 87.3 Å². The summed E-state index contributed by atoms with van der Waals surface area (Å²) < 4.78 is 26.8. The fourth-order valence-electron chi connectivity index (χ4n) is 1.60. The highest BCUT2D eigenvalue weighted by atomic mass is 32.2. The molecule has 1 rings (SSSR count). The number of rotatable bonds is 6. The highest BCUT2D eigenvalue weighted by Crippen LogP contribution is 2.20. The van der Waals surface area contributed by atoms with Crippen LogP contribution < -0.4 is 15.4 Å². The maximum absolute atomic E-state index is 12.2. The van der Waals surface area contributed by atoms with Gasteiger partial charge >= 0.3 is 0 Å². The lowest BCUT2D eigenvalue weighted by Crippen LogP contribution is -2.43. The van der Waals surface area contributed by atoms with Crippen LogP contribution in [0.4, 0.5) is 5.69 Å². The van der Waals surface area contributed by atoms with E-state index >= 15 is 0 Å². The maximum Gasteiger partial charge on any atom is 0.243 e. The number of likely N-dealkylation sites (N-methyl/N-ethyl adjacent to an activating group) is 1. The normalized spacial score (nSPS) is 12.8. The Balaban J connectivity index is 3.04. The molecule has 3 N–H and O–H groups in total. The van der Waals surface area contributed by atoms with Crippen molar-refractivity contribution in [3.8, 4) is 0 Å². The third-order valence-corrected chi connectivity index (χ3v) is 4.11. The number of carbonyl (C=O) groups excluding carboxylic acids is 1. The van der Waals surface area contributed by atoms with E-state index in [1.54, 1.807) is 18.2 Å². The molecule has 0 saturated heterocycles. The third kappa shape index (κ3) is 3.93. The van der Waals surface area contributed by atoms with Crippen LogP contribution in [0.3, 0.4) is 0 Å². The number of hydrogen-bond donors (Lipinski definition) is 3. The maximum atomic E-state index is 12.2. The van der Waals surface area contributed by atoms with Crippen LogP contribution in [0.5, 0.6) is 0 Å². The molecule has 0 saturated carbocycles. The number of nitrogens with one attached hydrogen (secondary N) is 3. The average Bonchev–Trinajstić information content (AvgIpc) is 2.38. The highest BCUT2D eigenvalue weighted by molar-refractivity contribution is 7.89. The van der Waals surface area contributed by atoms with Gasteiger partial charge in [-0.2, -0.15) is 4.72 Å². The Morgan fingerprint density at radius 3 is 2.53 bits per heavy atom. The van der Waals surface area contributed by atoms with Crippen molar-refractivity contribution >= 4 is 21.6 Å². The molecule has 7 heteroatoms. The van der Waals surface area contributed by atoms with Crippen molar-refractivity contribution in [1.82, 2.24) is 10.0 Å². The van der Waals surface area contributed by atoms with Crippen LogP contribution in [0.25, 0.3) is 0 Å². The zero-order valence-corrected chi connectivity index (χ0v) is 12.0. The molecule has 0 aliphatic heterocycles. The Hall–Kier alpha value is -1.60. The van der Waals surface area contributed by atoms with Crippen LogP contribution in [0.15, 0.2) is 29.2 Å². The van der Waals surface area contributed by atoms with E-state index in [-0.39, 0.29) is 10.8 Å². The number of para-hydroxylation sites is 1. The van der Waals surface area contributed by atoms with E-state index in [1.807, 2.05) is 6.92 Å². The van der Waals surface area contributed by atoms with Crippen LogP contribution in [0.2, 0.25) is 0 Å². The molecule has 0 aromatic heterocycles. The molecule has 1 unspecified atom stereocenters. The standard InChI is InChI=1S/C12H19N3O3S/c1-4-14-10-7-5-6-8-11(10)19(17,18)15-9(2)12(16)13-3/h5-9,14-15H,4H2,1-3H3,(H,13,16). The van der Waals surface area contributed by atoms with Gasteiger partial charge in [-0.15, -0.1) is 0 Å². The van der Waals surface area contributed by atoms with Gasteiger partial charge in [-0.1, -0.05) is 12.1 Å². The van der Waals surface area contributed by atoms with Crippen molar-refractivity contribution in [2.24, 2.45) is 0 Å². The van der Waals surface area contributed by atoms with Crippen molar-refractivity contribution in [3.63, 3.8) is 0 Å². The number of benzene rings is 1.